The number of carbonyl (C=O) groups excluding carboxylic acids is 2. The molecule has 118 valence electrons. The normalized spacial score (nSPS) is 14.1. The maximum Gasteiger partial charge on any atom is 0.251 e. The first kappa shape index (κ1) is 16.7. The second-order valence-electron chi connectivity index (χ2n) is 5.40. The van der Waals surface area contributed by atoms with Crippen LogP contribution in [0.5, 0.6) is 0 Å². The molecule has 2 rings (SSSR count). The van der Waals surface area contributed by atoms with Gasteiger partial charge in [-0.1, -0.05) is 27.6 Å². The van der Waals surface area contributed by atoms with Gasteiger partial charge in [0.1, 0.15) is 0 Å². The molecule has 0 atom stereocenters. The third-order valence-corrected chi connectivity index (χ3v) is 4.20. The molecule has 0 fully saturated rings. The van der Waals surface area contributed by atoms with E-state index in [0.29, 0.717) is 12.1 Å². The summed E-state index contributed by atoms with van der Waals surface area (Å²) in [6.07, 6.45) is 8.03. The number of hydrogen-bond donors (Lipinski definition) is 2. The fourth-order valence-electron chi connectivity index (χ4n) is 2.42. The third-order valence-electron chi connectivity index (χ3n) is 3.67. The molecule has 0 radical (unpaired) electrons. The minimum Gasteiger partial charge on any atom is -0.354 e. The zero-order valence-corrected chi connectivity index (χ0v) is 14.1. The van der Waals surface area contributed by atoms with Crippen molar-refractivity contribution in [2.75, 3.05) is 13.1 Å². The number of benzene rings is 1. The fraction of sp³-hybridized carbons (Fsp3) is 0.412. The maximum atomic E-state index is 11.9. The first-order chi connectivity index (χ1) is 10.6. The number of nitrogens with one attached hydrogen (secondary N) is 2. The molecule has 0 heterocycles. The molecule has 1 aliphatic rings. The van der Waals surface area contributed by atoms with Gasteiger partial charge in [-0.2, -0.15) is 0 Å². The van der Waals surface area contributed by atoms with Crippen LogP contribution in [0.3, 0.4) is 0 Å². The van der Waals surface area contributed by atoms with Crippen LogP contribution in [0, 0.1) is 0 Å². The van der Waals surface area contributed by atoms with Crippen LogP contribution in [0.25, 0.3) is 0 Å². The van der Waals surface area contributed by atoms with E-state index in [2.05, 4.69) is 32.6 Å². The molecule has 1 aromatic carbocycles. The standard InChI is InChI=1S/C17H21BrN2O2/c18-15-8-6-14(7-9-15)17(22)20-12-16(21)19-11-10-13-4-2-1-3-5-13/h4,6-9H,1-3,5,10-12H2,(H,19,21)(H,20,22). The van der Waals surface area contributed by atoms with Crippen molar-refractivity contribution in [1.29, 1.82) is 0 Å². The molecular weight excluding hydrogens is 344 g/mol. The SMILES string of the molecule is O=C(CNC(=O)c1ccc(Br)cc1)NCCC1=CCCCC1. The fourth-order valence-corrected chi connectivity index (χ4v) is 2.68. The number of halogens is 1. The van der Waals surface area contributed by atoms with Crippen molar-refractivity contribution < 1.29 is 9.59 Å². The molecule has 2 amide bonds. The molecule has 4 nitrogen and oxygen atoms in total. The van der Waals surface area contributed by atoms with Crippen LogP contribution >= 0.6 is 15.9 Å². The van der Waals surface area contributed by atoms with Gasteiger partial charge in [0.2, 0.25) is 5.91 Å². The predicted molar refractivity (Wildman–Crippen MR) is 90.7 cm³/mol. The molecule has 0 aliphatic heterocycles. The van der Waals surface area contributed by atoms with E-state index in [0.717, 1.165) is 23.7 Å². The van der Waals surface area contributed by atoms with Crippen LogP contribution in [0.4, 0.5) is 0 Å². The van der Waals surface area contributed by atoms with Crippen LogP contribution in [0.1, 0.15) is 42.5 Å². The highest BCUT2D eigenvalue weighted by Gasteiger charge is 2.08. The molecule has 5 heteroatoms. The number of carbonyl (C=O) groups is 2. The van der Waals surface area contributed by atoms with Crippen molar-refractivity contribution in [3.63, 3.8) is 0 Å². The molecule has 0 spiro atoms. The molecule has 0 saturated carbocycles. The molecule has 0 aromatic heterocycles. The van der Waals surface area contributed by atoms with Crippen molar-refractivity contribution in [1.82, 2.24) is 10.6 Å². The van der Waals surface area contributed by atoms with Crippen LogP contribution in [-0.4, -0.2) is 24.9 Å². The van der Waals surface area contributed by atoms with Gasteiger partial charge in [-0.25, -0.2) is 0 Å². The highest BCUT2D eigenvalue weighted by Crippen LogP contribution is 2.19. The van der Waals surface area contributed by atoms with Gasteiger partial charge < -0.3 is 10.6 Å². The van der Waals surface area contributed by atoms with E-state index in [1.54, 1.807) is 24.3 Å². The number of allylic oxidation sites excluding steroid dienone is 1. The largest absolute Gasteiger partial charge is 0.354 e. The molecule has 22 heavy (non-hydrogen) atoms. The maximum absolute atomic E-state index is 11.9. The van der Waals surface area contributed by atoms with Gasteiger partial charge in [0.25, 0.3) is 5.91 Å². The molecule has 1 aliphatic carbocycles. The summed E-state index contributed by atoms with van der Waals surface area (Å²) in [6, 6.07) is 7.03. The number of amides is 2. The Morgan fingerprint density at radius 2 is 1.86 bits per heavy atom. The average Bonchev–Trinajstić information content (AvgIpc) is 2.54. The summed E-state index contributed by atoms with van der Waals surface area (Å²) in [5, 5.41) is 5.47. The highest BCUT2D eigenvalue weighted by atomic mass is 79.9. The Hall–Kier alpha value is -1.62. The number of rotatable bonds is 6. The monoisotopic (exact) mass is 364 g/mol. The Labute approximate surface area is 139 Å². The lowest BCUT2D eigenvalue weighted by atomic mass is 9.97. The smallest absolute Gasteiger partial charge is 0.251 e. The van der Waals surface area contributed by atoms with Crippen LogP contribution in [0.2, 0.25) is 0 Å². The van der Waals surface area contributed by atoms with E-state index >= 15 is 0 Å². The van der Waals surface area contributed by atoms with Crippen LogP contribution < -0.4 is 10.6 Å². The lowest BCUT2D eigenvalue weighted by molar-refractivity contribution is -0.120. The topological polar surface area (TPSA) is 58.2 Å². The van der Waals surface area contributed by atoms with Gasteiger partial charge in [0, 0.05) is 16.6 Å². The van der Waals surface area contributed by atoms with E-state index in [1.807, 2.05) is 0 Å². The molecular formula is C17H21BrN2O2. The minimum atomic E-state index is -0.238. The zero-order valence-electron chi connectivity index (χ0n) is 12.5. The Morgan fingerprint density at radius 1 is 1.09 bits per heavy atom. The number of hydrogen-bond acceptors (Lipinski definition) is 2. The van der Waals surface area contributed by atoms with E-state index in [4.69, 9.17) is 0 Å². The summed E-state index contributed by atoms with van der Waals surface area (Å²) in [6.45, 7) is 0.646. The summed E-state index contributed by atoms with van der Waals surface area (Å²) < 4.78 is 0.916. The summed E-state index contributed by atoms with van der Waals surface area (Å²) in [5.74, 6) is -0.389. The second kappa shape index (κ2) is 8.73. The summed E-state index contributed by atoms with van der Waals surface area (Å²) in [4.78, 5) is 23.6. The predicted octanol–water partition coefficient (Wildman–Crippen LogP) is 3.19. The first-order valence-electron chi connectivity index (χ1n) is 7.63. The van der Waals surface area contributed by atoms with Gasteiger partial charge in [-0.15, -0.1) is 0 Å². The van der Waals surface area contributed by atoms with E-state index in [1.165, 1.54) is 18.4 Å². The molecule has 0 saturated heterocycles. The quantitative estimate of drug-likeness (QED) is 0.761. The van der Waals surface area contributed by atoms with E-state index < -0.39 is 0 Å². The molecule has 0 bridgehead atoms. The third kappa shape index (κ3) is 5.64. The van der Waals surface area contributed by atoms with Gasteiger partial charge in [-0.05, 0) is 56.4 Å². The van der Waals surface area contributed by atoms with Gasteiger partial charge in [-0.3, -0.25) is 9.59 Å². The second-order valence-corrected chi connectivity index (χ2v) is 6.31. The van der Waals surface area contributed by atoms with Crippen molar-refractivity contribution in [2.45, 2.75) is 32.1 Å². The van der Waals surface area contributed by atoms with E-state index in [9.17, 15) is 9.59 Å². The Balaban J connectivity index is 1.65. The van der Waals surface area contributed by atoms with Crippen molar-refractivity contribution in [3.05, 3.63) is 46.0 Å². The van der Waals surface area contributed by atoms with Crippen LogP contribution in [0.15, 0.2) is 40.4 Å². The Bertz CT molecular complexity index is 552. The van der Waals surface area contributed by atoms with Crippen molar-refractivity contribution in [3.8, 4) is 0 Å². The lowest BCUT2D eigenvalue weighted by Gasteiger charge is -2.13. The lowest BCUT2D eigenvalue weighted by Crippen LogP contribution is -2.37. The summed E-state index contributed by atoms with van der Waals surface area (Å²) in [7, 11) is 0. The zero-order chi connectivity index (χ0) is 15.8. The first-order valence-corrected chi connectivity index (χ1v) is 8.43. The van der Waals surface area contributed by atoms with Crippen LogP contribution in [-0.2, 0) is 4.79 Å². The van der Waals surface area contributed by atoms with E-state index in [-0.39, 0.29) is 18.4 Å². The van der Waals surface area contributed by atoms with Gasteiger partial charge in [0.05, 0.1) is 6.54 Å². The van der Waals surface area contributed by atoms with Crippen molar-refractivity contribution in [2.24, 2.45) is 0 Å². The molecule has 0 unspecified atom stereocenters. The van der Waals surface area contributed by atoms with Gasteiger partial charge >= 0.3 is 0 Å². The Morgan fingerprint density at radius 3 is 2.55 bits per heavy atom. The summed E-state index contributed by atoms with van der Waals surface area (Å²) >= 11 is 3.32. The summed E-state index contributed by atoms with van der Waals surface area (Å²) in [5.41, 5.74) is 1.98. The Kier molecular flexibility index (Phi) is 6.65. The van der Waals surface area contributed by atoms with Crippen molar-refractivity contribution >= 4 is 27.7 Å². The molecule has 2 N–H and O–H groups in total. The highest BCUT2D eigenvalue weighted by molar-refractivity contribution is 9.10. The molecule has 1 aromatic rings. The minimum absolute atomic E-state index is 0.00788. The van der Waals surface area contributed by atoms with Gasteiger partial charge in [0.15, 0.2) is 0 Å². The average molecular weight is 365 g/mol.